The highest BCUT2D eigenvalue weighted by Gasteiger charge is 2.27. The number of carbonyl (C=O) groups excluding carboxylic acids is 1. The highest BCUT2D eigenvalue weighted by atomic mass is 32.1. The molecule has 1 N–H and O–H groups in total. The van der Waals surface area contributed by atoms with Crippen LogP contribution < -0.4 is 5.30 Å². The van der Waals surface area contributed by atoms with Crippen LogP contribution in [0.15, 0.2) is 12.1 Å². The van der Waals surface area contributed by atoms with E-state index in [0.29, 0.717) is 22.4 Å². The van der Waals surface area contributed by atoms with Crippen molar-refractivity contribution in [2.75, 3.05) is 18.8 Å². The molecule has 112 valence electrons. The van der Waals surface area contributed by atoms with Gasteiger partial charge in [-0.3, -0.25) is 4.79 Å². The summed E-state index contributed by atoms with van der Waals surface area (Å²) in [5.74, 6) is 0.890. The van der Waals surface area contributed by atoms with Crippen molar-refractivity contribution in [3.05, 3.63) is 29.2 Å². The van der Waals surface area contributed by atoms with Crippen LogP contribution in [0.25, 0.3) is 10.9 Å². The molecule has 1 aliphatic rings. The molecule has 2 heterocycles. The first-order valence-electron chi connectivity index (χ1n) is 6.98. The average Bonchev–Trinajstić information content (AvgIpc) is 3.10. The second kappa shape index (κ2) is 5.62. The number of aromatic amines is 1. The molecule has 1 aromatic carbocycles. The molecule has 2 atom stereocenters. The molecule has 3 rings (SSSR count). The first-order chi connectivity index (χ1) is 10.0. The summed E-state index contributed by atoms with van der Waals surface area (Å²) in [7, 11) is 2.41. The topological polar surface area (TPSA) is 36.1 Å². The number of aryl methyl sites for hydroxylation is 1. The van der Waals surface area contributed by atoms with Crippen molar-refractivity contribution in [2.45, 2.75) is 13.3 Å². The lowest BCUT2D eigenvalue weighted by Crippen LogP contribution is -2.29. The number of rotatable bonds is 2. The van der Waals surface area contributed by atoms with Gasteiger partial charge in [0.05, 0.1) is 5.52 Å². The first kappa shape index (κ1) is 14.9. The van der Waals surface area contributed by atoms with E-state index in [4.69, 9.17) is 0 Å². The van der Waals surface area contributed by atoms with Gasteiger partial charge in [0.2, 0.25) is 0 Å². The molecule has 1 fully saturated rings. The van der Waals surface area contributed by atoms with Gasteiger partial charge in [-0.05, 0) is 42.7 Å². The van der Waals surface area contributed by atoms with Crippen molar-refractivity contribution in [3.63, 3.8) is 0 Å². The number of likely N-dealkylation sites (tertiary alicyclic amines) is 1. The van der Waals surface area contributed by atoms with Crippen molar-refractivity contribution in [1.82, 2.24) is 9.88 Å². The summed E-state index contributed by atoms with van der Waals surface area (Å²) in [6.45, 7) is 3.33. The molecular weight excluding hydrogens is 306 g/mol. The Bertz CT molecular complexity index is 715. The molecular formula is C15H18FN2OPS. The van der Waals surface area contributed by atoms with Gasteiger partial charge in [0.1, 0.15) is 5.69 Å². The van der Waals surface area contributed by atoms with Gasteiger partial charge < -0.3 is 9.88 Å². The number of nitrogens with zero attached hydrogens (tertiary/aromatic N) is 1. The van der Waals surface area contributed by atoms with Gasteiger partial charge in [0, 0.05) is 23.8 Å². The molecule has 1 unspecified atom stereocenters. The summed E-state index contributed by atoms with van der Waals surface area (Å²) in [6, 6.07) is 3.64. The number of nitrogens with one attached hydrogen (secondary N) is 1. The Labute approximate surface area is 130 Å². The number of carbonyl (C=O) groups is 1. The second-order valence-electron chi connectivity index (χ2n) is 5.66. The third-order valence-electron chi connectivity index (χ3n) is 4.16. The highest BCUT2D eigenvalue weighted by Crippen LogP contribution is 2.24. The molecule has 1 aliphatic heterocycles. The van der Waals surface area contributed by atoms with Crippen molar-refractivity contribution < 1.29 is 9.18 Å². The van der Waals surface area contributed by atoms with Crippen LogP contribution in [0.4, 0.5) is 4.39 Å². The van der Waals surface area contributed by atoms with Crippen LogP contribution in [0.5, 0.6) is 0 Å². The summed E-state index contributed by atoms with van der Waals surface area (Å²) < 4.78 is 14.2. The lowest BCUT2D eigenvalue weighted by atomic mass is 10.1. The third-order valence-corrected chi connectivity index (χ3v) is 5.39. The minimum atomic E-state index is -0.302. The molecule has 6 heteroatoms. The van der Waals surface area contributed by atoms with Crippen molar-refractivity contribution in [1.29, 1.82) is 0 Å². The lowest BCUT2D eigenvalue weighted by molar-refractivity contribution is 0.0783. The molecule has 0 bridgehead atoms. The Morgan fingerprint density at radius 3 is 3.00 bits per heavy atom. The van der Waals surface area contributed by atoms with Crippen LogP contribution in [-0.4, -0.2) is 34.6 Å². The number of hydrogen-bond acceptors (Lipinski definition) is 2. The van der Waals surface area contributed by atoms with E-state index < -0.39 is 0 Å². The minimum Gasteiger partial charge on any atom is -0.348 e. The van der Waals surface area contributed by atoms with Crippen LogP contribution in [0.2, 0.25) is 0 Å². The minimum absolute atomic E-state index is 0.0576. The summed E-state index contributed by atoms with van der Waals surface area (Å²) in [5, 5.41) is 1.28. The van der Waals surface area contributed by atoms with Crippen LogP contribution in [0.3, 0.4) is 0 Å². The van der Waals surface area contributed by atoms with Gasteiger partial charge in [0.15, 0.2) is 5.82 Å². The SMILES string of the molecule is Cc1cc2cc(C(=O)N3CC[C@@H](CS)C3)[nH]c2c(F)c1P. The van der Waals surface area contributed by atoms with Gasteiger partial charge in [-0.2, -0.15) is 12.6 Å². The van der Waals surface area contributed by atoms with Crippen molar-refractivity contribution in [2.24, 2.45) is 5.92 Å². The number of halogens is 1. The molecule has 1 aromatic heterocycles. The number of H-pyrrole nitrogens is 1. The number of fused-ring (bicyclic) bond motifs is 1. The maximum Gasteiger partial charge on any atom is 0.270 e. The summed E-state index contributed by atoms with van der Waals surface area (Å²) in [5.41, 5.74) is 1.72. The molecule has 0 saturated carbocycles. The number of hydrogen-bond donors (Lipinski definition) is 2. The molecule has 21 heavy (non-hydrogen) atoms. The van der Waals surface area contributed by atoms with Gasteiger partial charge in [-0.15, -0.1) is 9.24 Å². The van der Waals surface area contributed by atoms with Gasteiger partial charge in [-0.25, -0.2) is 4.39 Å². The van der Waals surface area contributed by atoms with E-state index in [9.17, 15) is 9.18 Å². The smallest absolute Gasteiger partial charge is 0.270 e. The molecule has 0 aliphatic carbocycles. The van der Waals surface area contributed by atoms with E-state index in [-0.39, 0.29) is 11.7 Å². The van der Waals surface area contributed by atoms with E-state index >= 15 is 0 Å². The summed E-state index contributed by atoms with van der Waals surface area (Å²) >= 11 is 4.29. The fraction of sp³-hybridized carbons (Fsp3) is 0.400. The zero-order valence-electron chi connectivity index (χ0n) is 11.8. The normalized spacial score (nSPS) is 18.7. The van der Waals surface area contributed by atoms with Gasteiger partial charge >= 0.3 is 0 Å². The number of aromatic nitrogens is 1. The second-order valence-corrected chi connectivity index (χ2v) is 6.60. The fourth-order valence-electron chi connectivity index (χ4n) is 2.84. The quantitative estimate of drug-likeness (QED) is 0.646. The van der Waals surface area contributed by atoms with Gasteiger partial charge in [-0.1, -0.05) is 0 Å². The number of amides is 1. The molecule has 1 amide bonds. The molecule has 3 nitrogen and oxygen atoms in total. The van der Waals surface area contributed by atoms with Crippen LogP contribution in [0.1, 0.15) is 22.5 Å². The number of thiol groups is 1. The maximum absolute atomic E-state index is 14.2. The summed E-state index contributed by atoms with van der Waals surface area (Å²) in [4.78, 5) is 17.3. The standard InChI is InChI=1S/C15H18FN2OPS/c1-8-4-10-5-11(17-13(10)12(16)14(8)20)15(19)18-3-2-9(6-18)7-21/h4-5,9,17,21H,2-3,6-7,20H2,1H3/t9-/m1/s1. The van der Waals surface area contributed by atoms with E-state index in [2.05, 4.69) is 26.9 Å². The fourth-order valence-corrected chi connectivity index (χ4v) is 3.36. The first-order valence-corrected chi connectivity index (χ1v) is 8.19. The monoisotopic (exact) mass is 324 g/mol. The zero-order chi connectivity index (χ0) is 15.1. The Morgan fingerprint density at radius 2 is 2.33 bits per heavy atom. The van der Waals surface area contributed by atoms with Gasteiger partial charge in [0.25, 0.3) is 5.91 Å². The van der Waals surface area contributed by atoms with Crippen LogP contribution in [-0.2, 0) is 0 Å². The lowest BCUT2D eigenvalue weighted by Gasteiger charge is -2.14. The summed E-state index contributed by atoms with van der Waals surface area (Å²) in [6.07, 6.45) is 0.985. The molecule has 1 saturated heterocycles. The van der Waals surface area contributed by atoms with Crippen LogP contribution >= 0.6 is 21.9 Å². The van der Waals surface area contributed by atoms with Crippen LogP contribution in [0, 0.1) is 18.7 Å². The molecule has 0 radical (unpaired) electrons. The van der Waals surface area contributed by atoms with Crippen molar-refractivity contribution >= 4 is 44.0 Å². The molecule has 2 aromatic rings. The Morgan fingerprint density at radius 1 is 1.57 bits per heavy atom. The predicted molar refractivity (Wildman–Crippen MR) is 90.2 cm³/mol. The number of benzene rings is 1. The van der Waals surface area contributed by atoms with Crippen molar-refractivity contribution in [3.8, 4) is 0 Å². The molecule has 0 spiro atoms. The Balaban J connectivity index is 1.95. The maximum atomic E-state index is 14.2. The zero-order valence-corrected chi connectivity index (χ0v) is 13.9. The van der Waals surface area contributed by atoms with E-state index in [1.54, 1.807) is 6.07 Å². The van der Waals surface area contributed by atoms with E-state index in [1.165, 1.54) is 0 Å². The third kappa shape index (κ3) is 2.58. The largest absolute Gasteiger partial charge is 0.348 e. The Hall–Kier alpha value is -1.06. The Kier molecular flexibility index (Phi) is 3.98. The highest BCUT2D eigenvalue weighted by molar-refractivity contribution is 7.80. The van der Waals surface area contributed by atoms with E-state index in [1.807, 2.05) is 17.9 Å². The average molecular weight is 324 g/mol. The van der Waals surface area contributed by atoms with E-state index in [0.717, 1.165) is 36.2 Å². The predicted octanol–water partition coefficient (Wildman–Crippen LogP) is 2.51.